The minimum Gasteiger partial charge on any atom is -0.334 e. The van der Waals surface area contributed by atoms with Crippen molar-refractivity contribution >= 4 is 35.1 Å². The van der Waals surface area contributed by atoms with E-state index in [0.717, 1.165) is 12.5 Å². The molecule has 8 heteroatoms. The van der Waals surface area contributed by atoms with Crippen LogP contribution in [0.3, 0.4) is 0 Å². The zero-order valence-corrected chi connectivity index (χ0v) is 10.9. The number of aldehydes is 1. The number of carbonyl (C=O) groups is 1. The number of hydrogen-bond donors (Lipinski definition) is 1. The highest BCUT2D eigenvalue weighted by Gasteiger charge is 2.17. The zero-order chi connectivity index (χ0) is 14.5. The molecule has 1 aromatic carbocycles. The molecule has 0 saturated carbocycles. The SMILES string of the molecule is O=CCc1ccccc1Nc1nc(Cl)ncc1[N+](=O)[O-]. The van der Waals surface area contributed by atoms with E-state index in [1.54, 1.807) is 24.3 Å². The fourth-order valence-electron chi connectivity index (χ4n) is 1.62. The number of benzene rings is 1. The Bertz CT molecular complexity index is 663. The molecule has 0 aliphatic heterocycles. The summed E-state index contributed by atoms with van der Waals surface area (Å²) in [5.41, 5.74) is 0.958. The number of nitro groups is 1. The van der Waals surface area contributed by atoms with Gasteiger partial charge in [0.05, 0.1) is 4.92 Å². The standard InChI is InChI=1S/C12H9ClN4O3/c13-12-14-7-10(17(19)20)11(16-12)15-9-4-2-1-3-8(9)5-6-18/h1-4,6-7H,5H2,(H,14,15,16). The minimum atomic E-state index is -0.610. The third kappa shape index (κ3) is 3.07. The predicted molar refractivity (Wildman–Crippen MR) is 73.2 cm³/mol. The van der Waals surface area contributed by atoms with Crippen LogP contribution in [0.25, 0.3) is 0 Å². The molecule has 102 valence electrons. The van der Waals surface area contributed by atoms with Gasteiger partial charge in [-0.05, 0) is 23.2 Å². The molecule has 7 nitrogen and oxygen atoms in total. The molecule has 2 aromatic rings. The van der Waals surface area contributed by atoms with Crippen molar-refractivity contribution in [3.63, 3.8) is 0 Å². The van der Waals surface area contributed by atoms with Crippen molar-refractivity contribution in [1.82, 2.24) is 9.97 Å². The van der Waals surface area contributed by atoms with E-state index in [9.17, 15) is 14.9 Å². The predicted octanol–water partition coefficient (Wildman–Crippen LogP) is 2.52. The van der Waals surface area contributed by atoms with Crippen LogP contribution < -0.4 is 5.32 Å². The van der Waals surface area contributed by atoms with Gasteiger partial charge in [0.1, 0.15) is 12.5 Å². The quantitative estimate of drug-likeness (QED) is 0.393. The Hall–Kier alpha value is -2.54. The Balaban J connectivity index is 2.41. The Morgan fingerprint density at radius 1 is 1.40 bits per heavy atom. The molecule has 2 rings (SSSR count). The van der Waals surface area contributed by atoms with Crippen molar-refractivity contribution in [2.24, 2.45) is 0 Å². The number of halogens is 1. The first-order valence-electron chi connectivity index (χ1n) is 5.57. The Labute approximate surface area is 118 Å². The van der Waals surface area contributed by atoms with Crippen molar-refractivity contribution in [1.29, 1.82) is 0 Å². The highest BCUT2D eigenvalue weighted by Crippen LogP contribution is 2.27. The van der Waals surface area contributed by atoms with Gasteiger partial charge in [0.2, 0.25) is 11.1 Å². The van der Waals surface area contributed by atoms with Crippen LogP contribution in [-0.2, 0) is 11.2 Å². The van der Waals surface area contributed by atoms with Crippen molar-refractivity contribution < 1.29 is 9.72 Å². The second-order valence-electron chi connectivity index (χ2n) is 3.78. The van der Waals surface area contributed by atoms with E-state index in [1.807, 2.05) is 0 Å². The molecular weight excluding hydrogens is 284 g/mol. The summed E-state index contributed by atoms with van der Waals surface area (Å²) in [7, 11) is 0. The molecule has 0 atom stereocenters. The van der Waals surface area contributed by atoms with E-state index in [-0.39, 0.29) is 23.2 Å². The molecule has 0 spiro atoms. The summed E-state index contributed by atoms with van der Waals surface area (Å²) in [6, 6.07) is 6.95. The molecule has 0 aliphatic rings. The molecule has 1 aromatic heterocycles. The fraction of sp³-hybridized carbons (Fsp3) is 0.0833. The Kier molecular flexibility index (Phi) is 4.21. The average molecular weight is 293 g/mol. The van der Waals surface area contributed by atoms with Crippen molar-refractivity contribution in [3.05, 3.63) is 51.4 Å². The lowest BCUT2D eigenvalue weighted by Gasteiger charge is -2.09. The molecular formula is C12H9ClN4O3. The Morgan fingerprint density at radius 3 is 2.85 bits per heavy atom. The van der Waals surface area contributed by atoms with E-state index in [0.29, 0.717) is 11.3 Å². The van der Waals surface area contributed by atoms with Crippen molar-refractivity contribution in [2.45, 2.75) is 6.42 Å². The molecule has 20 heavy (non-hydrogen) atoms. The summed E-state index contributed by atoms with van der Waals surface area (Å²) in [5, 5.41) is 13.6. The number of nitrogens with one attached hydrogen (secondary N) is 1. The summed E-state index contributed by atoms with van der Waals surface area (Å²) in [4.78, 5) is 28.3. The van der Waals surface area contributed by atoms with Crippen LogP contribution in [0.5, 0.6) is 0 Å². The first-order valence-corrected chi connectivity index (χ1v) is 5.95. The number of carbonyl (C=O) groups excluding carboxylic acids is 1. The van der Waals surface area contributed by atoms with Crippen LogP contribution in [0, 0.1) is 10.1 Å². The van der Waals surface area contributed by atoms with Gasteiger partial charge in [0.15, 0.2) is 0 Å². The number of nitrogens with zero attached hydrogens (tertiary/aromatic N) is 3. The van der Waals surface area contributed by atoms with E-state index in [4.69, 9.17) is 11.6 Å². The molecule has 0 saturated heterocycles. The van der Waals surface area contributed by atoms with Gasteiger partial charge in [-0.15, -0.1) is 0 Å². The monoisotopic (exact) mass is 292 g/mol. The van der Waals surface area contributed by atoms with Crippen LogP contribution in [-0.4, -0.2) is 21.2 Å². The number of anilines is 2. The number of hydrogen-bond acceptors (Lipinski definition) is 6. The summed E-state index contributed by atoms with van der Waals surface area (Å²) in [6.45, 7) is 0. The highest BCUT2D eigenvalue weighted by atomic mass is 35.5. The minimum absolute atomic E-state index is 0.0200. The van der Waals surface area contributed by atoms with Gasteiger partial charge in [0, 0.05) is 12.1 Å². The van der Waals surface area contributed by atoms with Gasteiger partial charge < -0.3 is 10.1 Å². The Morgan fingerprint density at radius 2 is 2.15 bits per heavy atom. The second kappa shape index (κ2) is 6.07. The first kappa shape index (κ1) is 13.9. The molecule has 0 amide bonds. The maximum Gasteiger partial charge on any atom is 0.329 e. The average Bonchev–Trinajstić information content (AvgIpc) is 2.41. The molecule has 1 heterocycles. The van der Waals surface area contributed by atoms with Gasteiger partial charge in [-0.2, -0.15) is 4.98 Å². The lowest BCUT2D eigenvalue weighted by atomic mass is 10.1. The smallest absolute Gasteiger partial charge is 0.329 e. The summed E-state index contributed by atoms with van der Waals surface area (Å²) >= 11 is 5.65. The van der Waals surface area contributed by atoms with E-state index in [2.05, 4.69) is 15.3 Å². The van der Waals surface area contributed by atoms with Crippen LogP contribution in [0.15, 0.2) is 30.5 Å². The topological polar surface area (TPSA) is 98.0 Å². The van der Waals surface area contributed by atoms with E-state index in [1.165, 1.54) is 0 Å². The van der Waals surface area contributed by atoms with Gasteiger partial charge in [-0.25, -0.2) is 4.98 Å². The summed E-state index contributed by atoms with van der Waals surface area (Å²) in [5.74, 6) is -0.0200. The summed E-state index contributed by atoms with van der Waals surface area (Å²) < 4.78 is 0. The molecule has 0 bridgehead atoms. The highest BCUT2D eigenvalue weighted by molar-refractivity contribution is 6.28. The van der Waals surface area contributed by atoms with Crippen molar-refractivity contribution in [2.75, 3.05) is 5.32 Å². The van der Waals surface area contributed by atoms with E-state index < -0.39 is 4.92 Å². The normalized spacial score (nSPS) is 10.1. The third-order valence-corrected chi connectivity index (χ3v) is 2.69. The van der Waals surface area contributed by atoms with Gasteiger partial charge in [-0.3, -0.25) is 10.1 Å². The molecule has 0 radical (unpaired) electrons. The number of para-hydroxylation sites is 1. The van der Waals surface area contributed by atoms with Crippen LogP contribution in [0.2, 0.25) is 5.28 Å². The number of rotatable bonds is 5. The summed E-state index contributed by atoms with van der Waals surface area (Å²) in [6.07, 6.45) is 1.97. The van der Waals surface area contributed by atoms with Gasteiger partial charge in [-0.1, -0.05) is 18.2 Å². The van der Waals surface area contributed by atoms with Gasteiger partial charge >= 0.3 is 5.69 Å². The third-order valence-electron chi connectivity index (χ3n) is 2.51. The first-order chi connectivity index (χ1) is 9.61. The zero-order valence-electron chi connectivity index (χ0n) is 10.1. The van der Waals surface area contributed by atoms with E-state index >= 15 is 0 Å². The van der Waals surface area contributed by atoms with Crippen LogP contribution in [0.4, 0.5) is 17.2 Å². The molecule has 0 fully saturated rings. The van der Waals surface area contributed by atoms with Gasteiger partial charge in [0.25, 0.3) is 0 Å². The van der Waals surface area contributed by atoms with Crippen LogP contribution >= 0.6 is 11.6 Å². The lowest BCUT2D eigenvalue weighted by molar-refractivity contribution is -0.384. The largest absolute Gasteiger partial charge is 0.334 e. The lowest BCUT2D eigenvalue weighted by Crippen LogP contribution is -2.03. The molecule has 0 aliphatic carbocycles. The second-order valence-corrected chi connectivity index (χ2v) is 4.12. The molecule has 0 unspecified atom stereocenters. The maximum absolute atomic E-state index is 10.9. The maximum atomic E-state index is 10.9. The molecule has 1 N–H and O–H groups in total. The fourth-order valence-corrected chi connectivity index (χ4v) is 1.75. The van der Waals surface area contributed by atoms with Crippen molar-refractivity contribution in [3.8, 4) is 0 Å². The number of aromatic nitrogens is 2. The van der Waals surface area contributed by atoms with Crippen LogP contribution in [0.1, 0.15) is 5.56 Å².